The molecule has 0 fully saturated rings. The Bertz CT molecular complexity index is 556. The van der Waals surface area contributed by atoms with E-state index in [1.165, 1.54) is 7.11 Å². The summed E-state index contributed by atoms with van der Waals surface area (Å²) in [6.45, 7) is 0.660. The summed E-state index contributed by atoms with van der Waals surface area (Å²) in [5.41, 5.74) is 7.84. The molecule has 0 radical (unpaired) electrons. The summed E-state index contributed by atoms with van der Waals surface area (Å²) in [4.78, 5) is 11.5. The molecule has 0 atom stereocenters. The zero-order chi connectivity index (χ0) is 13.1. The van der Waals surface area contributed by atoms with E-state index in [1.54, 1.807) is 21.5 Å². The number of carbonyl (C=O) groups is 1. The number of hydrogen-bond acceptors (Lipinski definition) is 4. The number of ether oxygens (including phenoxy) is 1. The van der Waals surface area contributed by atoms with E-state index in [9.17, 15) is 4.79 Å². The Hall–Kier alpha value is -2.24. The summed E-state index contributed by atoms with van der Waals surface area (Å²) in [5.74, 6) is -0.377. The van der Waals surface area contributed by atoms with Crippen LogP contribution in [0.15, 0.2) is 24.7 Å². The van der Waals surface area contributed by atoms with Gasteiger partial charge in [0.2, 0.25) is 0 Å². The summed E-state index contributed by atoms with van der Waals surface area (Å²) >= 11 is 0. The van der Waals surface area contributed by atoms with Crippen molar-refractivity contribution < 1.29 is 9.53 Å². The lowest BCUT2D eigenvalue weighted by atomic mass is 10.2. The van der Waals surface area contributed by atoms with Gasteiger partial charge in [-0.05, 0) is 18.1 Å². The van der Waals surface area contributed by atoms with Crippen molar-refractivity contribution in [2.45, 2.75) is 13.0 Å². The van der Waals surface area contributed by atoms with Crippen molar-refractivity contribution in [3.8, 4) is 0 Å². The summed E-state index contributed by atoms with van der Waals surface area (Å²) in [6, 6.07) is 1.62. The third-order valence-electron chi connectivity index (χ3n) is 2.71. The Morgan fingerprint density at radius 1 is 1.50 bits per heavy atom. The highest BCUT2D eigenvalue weighted by atomic mass is 16.5. The minimum absolute atomic E-state index is 0.377. The topological polar surface area (TPSA) is 75.1 Å². The summed E-state index contributed by atoms with van der Waals surface area (Å²) in [5, 5.41) is 4.10. The predicted octanol–water partition coefficient (Wildman–Crippen LogP) is 0.833. The Morgan fingerprint density at radius 2 is 2.28 bits per heavy atom. The standard InChI is InChI=1S/C12H16N4O2/c1-15-7-9(6-14-15)3-4-16-8-10(13)5-11(16)12(17)18-2/h5-8H,3-4,13H2,1-2H3. The number of aromatic nitrogens is 3. The summed E-state index contributed by atoms with van der Waals surface area (Å²) < 4.78 is 8.26. The number of nitrogens with zero attached hydrogens (tertiary/aromatic N) is 3. The molecular weight excluding hydrogens is 232 g/mol. The van der Waals surface area contributed by atoms with Crippen molar-refractivity contribution in [2.24, 2.45) is 7.05 Å². The molecule has 0 bridgehead atoms. The highest BCUT2D eigenvalue weighted by molar-refractivity contribution is 5.88. The fourth-order valence-corrected chi connectivity index (χ4v) is 1.84. The van der Waals surface area contributed by atoms with E-state index >= 15 is 0 Å². The fourth-order valence-electron chi connectivity index (χ4n) is 1.84. The fraction of sp³-hybridized carbons (Fsp3) is 0.333. The highest BCUT2D eigenvalue weighted by Crippen LogP contribution is 2.13. The van der Waals surface area contributed by atoms with Crippen LogP contribution >= 0.6 is 0 Å². The molecule has 6 nitrogen and oxygen atoms in total. The zero-order valence-electron chi connectivity index (χ0n) is 10.5. The molecule has 18 heavy (non-hydrogen) atoms. The number of carbonyl (C=O) groups excluding carboxylic acids is 1. The van der Waals surface area contributed by atoms with Gasteiger partial charge in [-0.1, -0.05) is 0 Å². The van der Waals surface area contributed by atoms with E-state index in [4.69, 9.17) is 10.5 Å². The quantitative estimate of drug-likeness (QED) is 0.813. The maximum absolute atomic E-state index is 11.5. The van der Waals surface area contributed by atoms with Crippen LogP contribution in [0.5, 0.6) is 0 Å². The van der Waals surface area contributed by atoms with E-state index in [0.29, 0.717) is 17.9 Å². The molecule has 0 spiro atoms. The molecule has 2 aromatic heterocycles. The van der Waals surface area contributed by atoms with Gasteiger partial charge >= 0.3 is 5.97 Å². The van der Waals surface area contributed by atoms with E-state index in [-0.39, 0.29) is 5.97 Å². The first kappa shape index (κ1) is 12.2. The van der Waals surface area contributed by atoms with Gasteiger partial charge in [-0.2, -0.15) is 5.10 Å². The molecule has 6 heteroatoms. The predicted molar refractivity (Wildman–Crippen MR) is 67.1 cm³/mol. The molecular formula is C12H16N4O2. The van der Waals surface area contributed by atoms with Crippen LogP contribution in [0.1, 0.15) is 16.1 Å². The molecule has 0 saturated carbocycles. The average Bonchev–Trinajstić information content (AvgIpc) is 2.92. The van der Waals surface area contributed by atoms with Gasteiger partial charge < -0.3 is 15.0 Å². The van der Waals surface area contributed by atoms with Gasteiger partial charge in [-0.3, -0.25) is 4.68 Å². The van der Waals surface area contributed by atoms with Crippen molar-refractivity contribution in [1.82, 2.24) is 14.3 Å². The van der Waals surface area contributed by atoms with Crippen LogP contribution in [0, 0.1) is 0 Å². The number of methoxy groups -OCH3 is 1. The molecule has 0 unspecified atom stereocenters. The van der Waals surface area contributed by atoms with Crippen LogP contribution in [0.25, 0.3) is 0 Å². The van der Waals surface area contributed by atoms with Gasteiger partial charge in [-0.25, -0.2) is 4.79 Å². The van der Waals surface area contributed by atoms with Gasteiger partial charge in [0.15, 0.2) is 0 Å². The Balaban J connectivity index is 2.11. The van der Waals surface area contributed by atoms with Gasteiger partial charge in [0.05, 0.1) is 19.0 Å². The number of nitrogens with two attached hydrogens (primary N) is 1. The highest BCUT2D eigenvalue weighted by Gasteiger charge is 2.13. The van der Waals surface area contributed by atoms with Crippen LogP contribution in [-0.2, 0) is 24.8 Å². The minimum atomic E-state index is -0.377. The van der Waals surface area contributed by atoms with Crippen LogP contribution in [0.4, 0.5) is 5.69 Å². The van der Waals surface area contributed by atoms with E-state index in [1.807, 2.05) is 19.4 Å². The van der Waals surface area contributed by atoms with Gasteiger partial charge in [0.25, 0.3) is 0 Å². The monoisotopic (exact) mass is 248 g/mol. The Labute approximate surface area is 105 Å². The number of aryl methyl sites for hydroxylation is 3. The molecule has 2 rings (SSSR count). The molecule has 96 valence electrons. The lowest BCUT2D eigenvalue weighted by molar-refractivity contribution is 0.0588. The van der Waals surface area contributed by atoms with Gasteiger partial charge in [-0.15, -0.1) is 0 Å². The van der Waals surface area contributed by atoms with Crippen LogP contribution < -0.4 is 5.73 Å². The van der Waals surface area contributed by atoms with Gasteiger partial charge in [0.1, 0.15) is 5.69 Å². The van der Waals surface area contributed by atoms with Crippen molar-refractivity contribution in [1.29, 1.82) is 0 Å². The van der Waals surface area contributed by atoms with Crippen molar-refractivity contribution >= 4 is 11.7 Å². The maximum atomic E-state index is 11.5. The first-order valence-electron chi connectivity index (χ1n) is 5.61. The minimum Gasteiger partial charge on any atom is -0.464 e. The third kappa shape index (κ3) is 2.53. The first-order chi connectivity index (χ1) is 8.60. The molecule has 0 amide bonds. The molecule has 0 aliphatic rings. The number of nitrogen functional groups attached to an aromatic ring is 1. The second-order valence-electron chi connectivity index (χ2n) is 4.12. The van der Waals surface area contributed by atoms with E-state index in [2.05, 4.69) is 5.10 Å². The van der Waals surface area contributed by atoms with Crippen LogP contribution in [0.3, 0.4) is 0 Å². The van der Waals surface area contributed by atoms with Crippen molar-refractivity contribution in [3.05, 3.63) is 35.9 Å². The lowest BCUT2D eigenvalue weighted by Crippen LogP contribution is -2.11. The zero-order valence-corrected chi connectivity index (χ0v) is 10.5. The molecule has 2 aromatic rings. The molecule has 2 heterocycles. The number of rotatable bonds is 4. The first-order valence-corrected chi connectivity index (χ1v) is 5.61. The van der Waals surface area contributed by atoms with E-state index in [0.717, 1.165) is 12.0 Å². The molecule has 0 aliphatic carbocycles. The third-order valence-corrected chi connectivity index (χ3v) is 2.71. The van der Waals surface area contributed by atoms with Crippen LogP contribution in [0.2, 0.25) is 0 Å². The number of hydrogen-bond donors (Lipinski definition) is 1. The molecule has 0 aromatic carbocycles. The smallest absolute Gasteiger partial charge is 0.354 e. The Morgan fingerprint density at radius 3 is 2.89 bits per heavy atom. The molecule has 0 saturated heterocycles. The number of esters is 1. The second-order valence-corrected chi connectivity index (χ2v) is 4.12. The summed E-state index contributed by atoms with van der Waals surface area (Å²) in [7, 11) is 3.23. The Kier molecular flexibility index (Phi) is 3.36. The SMILES string of the molecule is COC(=O)c1cc(N)cn1CCc1cnn(C)c1. The van der Waals surface area contributed by atoms with Gasteiger partial charge in [0, 0.05) is 26.0 Å². The van der Waals surface area contributed by atoms with Crippen LogP contribution in [-0.4, -0.2) is 27.4 Å². The van der Waals surface area contributed by atoms with Crippen molar-refractivity contribution in [3.63, 3.8) is 0 Å². The largest absolute Gasteiger partial charge is 0.464 e. The van der Waals surface area contributed by atoms with E-state index < -0.39 is 0 Å². The molecule has 0 aliphatic heterocycles. The normalized spacial score (nSPS) is 10.6. The lowest BCUT2D eigenvalue weighted by Gasteiger charge is -2.06. The maximum Gasteiger partial charge on any atom is 0.354 e. The summed E-state index contributed by atoms with van der Waals surface area (Å²) in [6.07, 6.45) is 6.28. The number of anilines is 1. The average molecular weight is 248 g/mol. The second kappa shape index (κ2) is 4.95. The van der Waals surface area contributed by atoms with Crippen molar-refractivity contribution in [2.75, 3.05) is 12.8 Å². The molecule has 2 N–H and O–H groups in total.